The van der Waals surface area contributed by atoms with E-state index in [1.807, 2.05) is 0 Å². The van der Waals surface area contributed by atoms with Crippen LogP contribution in [-0.2, 0) is 5.41 Å². The van der Waals surface area contributed by atoms with Gasteiger partial charge in [0.2, 0.25) is 0 Å². The summed E-state index contributed by atoms with van der Waals surface area (Å²) in [7, 11) is 0. The lowest BCUT2D eigenvalue weighted by Crippen LogP contribution is -2.21. The third-order valence-electron chi connectivity index (χ3n) is 10.4. The zero-order valence-corrected chi connectivity index (χ0v) is 25.9. The smallest absolute Gasteiger partial charge is 0.0621 e. The Bertz CT molecular complexity index is 2090. The normalized spacial score (nSPS) is 14.3. The van der Waals surface area contributed by atoms with E-state index >= 15 is 0 Å². The molecule has 1 saturated carbocycles. The Morgan fingerprint density at radius 1 is 0.435 bits per heavy atom. The van der Waals surface area contributed by atoms with E-state index in [0.29, 0.717) is 0 Å². The lowest BCUT2D eigenvalue weighted by Gasteiger charge is -2.31. The Morgan fingerprint density at radius 2 is 0.935 bits per heavy atom. The summed E-state index contributed by atoms with van der Waals surface area (Å²) in [4.78, 5) is 2.52. The summed E-state index contributed by atoms with van der Waals surface area (Å²) in [6, 6.07) is 60.4. The highest BCUT2D eigenvalue weighted by molar-refractivity contribution is 6.10. The topological polar surface area (TPSA) is 3.24 Å². The van der Waals surface area contributed by atoms with Gasteiger partial charge in [0.05, 0.1) is 5.69 Å². The van der Waals surface area contributed by atoms with E-state index in [4.69, 9.17) is 0 Å². The molecule has 46 heavy (non-hydrogen) atoms. The van der Waals surface area contributed by atoms with Gasteiger partial charge in [-0.3, -0.25) is 0 Å². The van der Waals surface area contributed by atoms with E-state index in [2.05, 4.69) is 169 Å². The first-order chi connectivity index (χ1) is 22.8. The van der Waals surface area contributed by atoms with Gasteiger partial charge in [0.1, 0.15) is 0 Å². The molecular formula is C45H35N. The molecule has 0 aliphatic heterocycles. The predicted octanol–water partition coefficient (Wildman–Crippen LogP) is 12.5. The fourth-order valence-electron chi connectivity index (χ4n) is 8.27. The maximum absolute atomic E-state index is 2.52. The van der Waals surface area contributed by atoms with E-state index in [1.165, 1.54) is 86.7 Å². The predicted molar refractivity (Wildman–Crippen MR) is 194 cm³/mol. The molecule has 9 rings (SSSR count). The fourth-order valence-corrected chi connectivity index (χ4v) is 8.27. The van der Waals surface area contributed by atoms with Crippen LogP contribution in [0.25, 0.3) is 44.2 Å². The molecule has 0 heterocycles. The highest BCUT2D eigenvalue weighted by Gasteiger charge is 2.46. The summed E-state index contributed by atoms with van der Waals surface area (Å²) in [5, 5.41) is 2.59. The van der Waals surface area contributed by atoms with Crippen molar-refractivity contribution in [2.45, 2.75) is 31.1 Å². The second-order valence-corrected chi connectivity index (χ2v) is 12.9. The van der Waals surface area contributed by atoms with Gasteiger partial charge in [-0.2, -0.15) is 0 Å². The van der Waals surface area contributed by atoms with Crippen LogP contribution in [0.15, 0.2) is 164 Å². The SMILES string of the molecule is c1ccc(-c2ccc(N(c3ccc(-c4ccccc4)cc3)c3c4c(cc5ccccc35)C3(CCCC3)c3ccccc3-4)cc2)cc1. The Balaban J connectivity index is 1.31. The molecular weight excluding hydrogens is 555 g/mol. The minimum atomic E-state index is 0.0880. The zero-order valence-electron chi connectivity index (χ0n) is 25.9. The van der Waals surface area contributed by atoms with Crippen molar-refractivity contribution in [1.29, 1.82) is 0 Å². The Morgan fingerprint density at radius 3 is 1.54 bits per heavy atom. The fraction of sp³-hybridized carbons (Fsp3) is 0.111. The number of hydrogen-bond donors (Lipinski definition) is 0. The molecule has 0 saturated heterocycles. The summed E-state index contributed by atoms with van der Waals surface area (Å²) in [5.41, 5.74) is 14.4. The van der Waals surface area contributed by atoms with Gasteiger partial charge < -0.3 is 4.90 Å². The molecule has 2 aliphatic carbocycles. The van der Waals surface area contributed by atoms with Crippen molar-refractivity contribution in [1.82, 2.24) is 0 Å². The average Bonchev–Trinajstić information content (AvgIpc) is 3.73. The van der Waals surface area contributed by atoms with Crippen molar-refractivity contribution in [2.75, 3.05) is 4.90 Å². The molecule has 0 amide bonds. The van der Waals surface area contributed by atoms with Crippen LogP contribution in [0.5, 0.6) is 0 Å². The molecule has 0 N–H and O–H groups in total. The standard InChI is InChI=1S/C45H35N/c1-3-13-32(14-4-1)34-21-25-37(26-22-34)46(38-27-23-35(24-28-38)33-15-5-2-6-16-33)44-39-18-8-7-17-36(39)31-42-43(44)40-19-9-10-20-41(40)45(42)29-11-12-30-45/h1-10,13-28,31H,11-12,29-30H2. The van der Waals surface area contributed by atoms with E-state index in [9.17, 15) is 0 Å². The van der Waals surface area contributed by atoms with Crippen molar-refractivity contribution in [2.24, 2.45) is 0 Å². The largest absolute Gasteiger partial charge is 0.309 e. The summed E-state index contributed by atoms with van der Waals surface area (Å²) >= 11 is 0. The van der Waals surface area contributed by atoms with E-state index in [-0.39, 0.29) is 5.41 Å². The zero-order chi connectivity index (χ0) is 30.5. The molecule has 0 bridgehead atoms. The molecule has 0 radical (unpaired) electrons. The third-order valence-corrected chi connectivity index (χ3v) is 10.4. The van der Waals surface area contributed by atoms with Crippen LogP contribution in [0.3, 0.4) is 0 Å². The van der Waals surface area contributed by atoms with Crippen LogP contribution in [-0.4, -0.2) is 0 Å². The molecule has 1 nitrogen and oxygen atoms in total. The van der Waals surface area contributed by atoms with Gasteiger partial charge in [-0.25, -0.2) is 0 Å². The monoisotopic (exact) mass is 589 g/mol. The summed E-state index contributed by atoms with van der Waals surface area (Å²) in [6.45, 7) is 0. The van der Waals surface area contributed by atoms with Gasteiger partial charge >= 0.3 is 0 Å². The lowest BCUT2D eigenvalue weighted by molar-refractivity contribution is 0.550. The van der Waals surface area contributed by atoms with Gasteiger partial charge in [-0.1, -0.05) is 146 Å². The molecule has 7 aromatic rings. The highest BCUT2D eigenvalue weighted by Crippen LogP contribution is 2.61. The van der Waals surface area contributed by atoms with Gasteiger partial charge in [0, 0.05) is 27.7 Å². The van der Waals surface area contributed by atoms with Gasteiger partial charge in [-0.15, -0.1) is 0 Å². The second kappa shape index (κ2) is 10.9. The Hall–Kier alpha value is -5.40. The average molecular weight is 590 g/mol. The van der Waals surface area contributed by atoms with Crippen LogP contribution in [0, 0.1) is 0 Å². The molecule has 0 atom stereocenters. The Labute approximate surface area is 271 Å². The maximum Gasteiger partial charge on any atom is 0.0621 e. The number of nitrogens with zero attached hydrogens (tertiary/aromatic N) is 1. The number of hydrogen-bond acceptors (Lipinski definition) is 1. The molecule has 7 aromatic carbocycles. The van der Waals surface area contributed by atoms with E-state index in [0.717, 1.165) is 11.4 Å². The van der Waals surface area contributed by atoms with Crippen molar-refractivity contribution >= 4 is 27.8 Å². The van der Waals surface area contributed by atoms with Crippen LogP contribution >= 0.6 is 0 Å². The quantitative estimate of drug-likeness (QED) is 0.193. The first kappa shape index (κ1) is 27.0. The lowest BCUT2D eigenvalue weighted by atomic mass is 9.76. The number of rotatable bonds is 5. The van der Waals surface area contributed by atoms with Crippen molar-refractivity contribution in [3.05, 3.63) is 175 Å². The summed E-state index contributed by atoms with van der Waals surface area (Å²) in [5.74, 6) is 0. The van der Waals surface area contributed by atoms with E-state index in [1.54, 1.807) is 0 Å². The molecule has 1 fully saturated rings. The van der Waals surface area contributed by atoms with Crippen LogP contribution in [0.1, 0.15) is 36.8 Å². The van der Waals surface area contributed by atoms with Crippen molar-refractivity contribution < 1.29 is 0 Å². The van der Waals surface area contributed by atoms with Crippen LogP contribution < -0.4 is 4.90 Å². The molecule has 0 unspecified atom stereocenters. The molecule has 0 aromatic heterocycles. The minimum absolute atomic E-state index is 0.0880. The molecule has 1 heteroatoms. The molecule has 1 spiro atoms. The van der Waals surface area contributed by atoms with Gasteiger partial charge in [-0.05, 0) is 87.5 Å². The minimum Gasteiger partial charge on any atom is -0.309 e. The second-order valence-electron chi connectivity index (χ2n) is 12.9. The molecule has 220 valence electrons. The van der Waals surface area contributed by atoms with Crippen LogP contribution in [0.4, 0.5) is 17.1 Å². The van der Waals surface area contributed by atoms with Crippen LogP contribution in [0.2, 0.25) is 0 Å². The maximum atomic E-state index is 2.52. The summed E-state index contributed by atoms with van der Waals surface area (Å²) in [6.07, 6.45) is 4.99. The third kappa shape index (κ3) is 4.23. The van der Waals surface area contributed by atoms with Gasteiger partial charge in [0.25, 0.3) is 0 Å². The van der Waals surface area contributed by atoms with E-state index < -0.39 is 0 Å². The Kier molecular flexibility index (Phi) is 6.38. The highest BCUT2D eigenvalue weighted by atomic mass is 15.1. The number of fused-ring (bicyclic) bond motifs is 6. The van der Waals surface area contributed by atoms with Crippen molar-refractivity contribution in [3.8, 4) is 33.4 Å². The molecule has 2 aliphatic rings. The van der Waals surface area contributed by atoms with Crippen molar-refractivity contribution in [3.63, 3.8) is 0 Å². The first-order valence-electron chi connectivity index (χ1n) is 16.6. The first-order valence-corrected chi connectivity index (χ1v) is 16.6. The van der Waals surface area contributed by atoms with Gasteiger partial charge in [0.15, 0.2) is 0 Å². The summed E-state index contributed by atoms with van der Waals surface area (Å²) < 4.78 is 0. The number of anilines is 3. The number of benzene rings is 7.